The summed E-state index contributed by atoms with van der Waals surface area (Å²) < 4.78 is 5.02. The third-order valence-corrected chi connectivity index (χ3v) is 3.19. The second kappa shape index (κ2) is 6.38. The summed E-state index contributed by atoms with van der Waals surface area (Å²) in [6.07, 6.45) is 2.00. The van der Waals surface area contributed by atoms with Crippen LogP contribution in [0.3, 0.4) is 0 Å². The Balaban J connectivity index is 1.95. The fourth-order valence-corrected chi connectivity index (χ4v) is 2.08. The Bertz CT molecular complexity index is 424. The molecular weight excluding hydrogens is 246 g/mol. The average Bonchev–Trinajstić information content (AvgIpc) is 2.99. The first kappa shape index (κ1) is 13.6. The van der Waals surface area contributed by atoms with Crippen LogP contribution >= 0.6 is 0 Å². The molecule has 1 aromatic heterocycles. The minimum atomic E-state index is -0.490. The highest BCUT2D eigenvalue weighted by Gasteiger charge is 2.26. The lowest BCUT2D eigenvalue weighted by molar-refractivity contribution is -0.133. The Labute approximate surface area is 112 Å². The van der Waals surface area contributed by atoms with E-state index in [-0.39, 0.29) is 17.6 Å². The van der Waals surface area contributed by atoms with Crippen molar-refractivity contribution in [1.82, 2.24) is 15.5 Å². The van der Waals surface area contributed by atoms with Crippen molar-refractivity contribution in [3.8, 4) is 0 Å². The van der Waals surface area contributed by atoms with E-state index < -0.39 is 6.04 Å². The fourth-order valence-electron chi connectivity index (χ4n) is 2.08. The molecule has 0 saturated carbocycles. The fraction of sp³-hybridized carbons (Fsp3) is 0.538. The number of amides is 2. The smallest absolute Gasteiger partial charge is 0.287 e. The van der Waals surface area contributed by atoms with Gasteiger partial charge in [0.1, 0.15) is 6.04 Å². The van der Waals surface area contributed by atoms with Crippen molar-refractivity contribution in [2.75, 3.05) is 26.2 Å². The number of rotatable bonds is 4. The molecule has 6 heteroatoms. The number of hydrogen-bond acceptors (Lipinski definition) is 4. The Kier molecular flexibility index (Phi) is 4.57. The van der Waals surface area contributed by atoms with E-state index >= 15 is 0 Å². The predicted octanol–water partition coefficient (Wildman–Crippen LogP) is 0.220. The van der Waals surface area contributed by atoms with Gasteiger partial charge in [0.15, 0.2) is 5.76 Å². The molecule has 1 saturated heterocycles. The Morgan fingerprint density at radius 1 is 1.47 bits per heavy atom. The molecule has 1 aromatic rings. The topological polar surface area (TPSA) is 74.6 Å². The maximum atomic E-state index is 12.3. The molecule has 6 nitrogen and oxygen atoms in total. The number of carbonyl (C=O) groups excluding carboxylic acids is 2. The van der Waals surface area contributed by atoms with Crippen LogP contribution in [0.5, 0.6) is 0 Å². The lowest BCUT2D eigenvalue weighted by Gasteiger charge is -2.30. The van der Waals surface area contributed by atoms with Gasteiger partial charge in [-0.15, -0.1) is 0 Å². The van der Waals surface area contributed by atoms with Gasteiger partial charge in [-0.25, -0.2) is 0 Å². The van der Waals surface area contributed by atoms with Gasteiger partial charge >= 0.3 is 0 Å². The number of piperazine rings is 1. The van der Waals surface area contributed by atoms with Crippen LogP contribution < -0.4 is 10.6 Å². The minimum absolute atomic E-state index is 0.0242. The first-order valence-corrected chi connectivity index (χ1v) is 6.56. The van der Waals surface area contributed by atoms with Crippen molar-refractivity contribution in [1.29, 1.82) is 0 Å². The number of nitrogens with one attached hydrogen (secondary N) is 2. The third kappa shape index (κ3) is 3.35. The summed E-state index contributed by atoms with van der Waals surface area (Å²) >= 11 is 0. The van der Waals surface area contributed by atoms with E-state index in [0.29, 0.717) is 19.5 Å². The molecule has 2 rings (SSSR count). The molecule has 0 aliphatic carbocycles. The number of nitrogens with zero attached hydrogens (tertiary/aromatic N) is 1. The molecule has 1 unspecified atom stereocenters. The summed E-state index contributed by atoms with van der Waals surface area (Å²) in [5, 5.41) is 5.92. The summed E-state index contributed by atoms with van der Waals surface area (Å²) in [4.78, 5) is 25.9. The van der Waals surface area contributed by atoms with Crippen LogP contribution in [-0.2, 0) is 4.79 Å². The van der Waals surface area contributed by atoms with Gasteiger partial charge in [0, 0.05) is 26.2 Å². The Hall–Kier alpha value is -1.82. The standard InChI is InChI=1S/C13H19N3O3/c1-2-10(13(18)16-7-5-14-6-8-16)15-12(17)11-4-3-9-19-11/h3-4,9-10,14H,2,5-8H2,1H3,(H,15,17). The quantitative estimate of drug-likeness (QED) is 0.816. The third-order valence-electron chi connectivity index (χ3n) is 3.19. The molecular formula is C13H19N3O3. The largest absolute Gasteiger partial charge is 0.459 e. The molecule has 1 aliphatic rings. The van der Waals surface area contributed by atoms with Crippen LogP contribution in [0.15, 0.2) is 22.8 Å². The van der Waals surface area contributed by atoms with Crippen LogP contribution in [0.25, 0.3) is 0 Å². The number of hydrogen-bond donors (Lipinski definition) is 2. The second-order valence-corrected chi connectivity index (χ2v) is 4.49. The molecule has 0 spiro atoms. The van der Waals surface area contributed by atoms with E-state index in [1.54, 1.807) is 17.0 Å². The van der Waals surface area contributed by atoms with Crippen molar-refractivity contribution in [2.45, 2.75) is 19.4 Å². The second-order valence-electron chi connectivity index (χ2n) is 4.49. The van der Waals surface area contributed by atoms with Gasteiger partial charge in [-0.2, -0.15) is 0 Å². The maximum absolute atomic E-state index is 12.3. The van der Waals surface area contributed by atoms with E-state index in [2.05, 4.69) is 10.6 Å². The summed E-state index contributed by atoms with van der Waals surface area (Å²) in [7, 11) is 0. The first-order valence-electron chi connectivity index (χ1n) is 6.56. The van der Waals surface area contributed by atoms with Gasteiger partial charge in [-0.05, 0) is 18.6 Å². The van der Waals surface area contributed by atoms with Gasteiger partial charge in [0.2, 0.25) is 5.91 Å². The van der Waals surface area contributed by atoms with Gasteiger partial charge in [0.05, 0.1) is 6.26 Å². The van der Waals surface area contributed by atoms with Crippen LogP contribution in [0, 0.1) is 0 Å². The summed E-state index contributed by atoms with van der Waals surface area (Å²) in [5.41, 5.74) is 0. The first-order chi connectivity index (χ1) is 9.22. The highest BCUT2D eigenvalue weighted by molar-refractivity contribution is 5.95. The van der Waals surface area contributed by atoms with Gasteiger partial charge in [-0.3, -0.25) is 9.59 Å². The SMILES string of the molecule is CCC(NC(=O)c1ccco1)C(=O)N1CCNCC1. The molecule has 2 heterocycles. The highest BCUT2D eigenvalue weighted by atomic mass is 16.3. The van der Waals surface area contributed by atoms with Crippen LogP contribution in [0.1, 0.15) is 23.9 Å². The summed E-state index contributed by atoms with van der Waals surface area (Å²) in [6, 6.07) is 2.74. The summed E-state index contributed by atoms with van der Waals surface area (Å²) in [5.74, 6) is -0.143. The molecule has 0 radical (unpaired) electrons. The zero-order valence-electron chi connectivity index (χ0n) is 11.0. The van der Waals surface area contributed by atoms with Crippen LogP contribution in [0.4, 0.5) is 0 Å². The van der Waals surface area contributed by atoms with E-state index in [1.807, 2.05) is 6.92 Å². The monoisotopic (exact) mass is 265 g/mol. The maximum Gasteiger partial charge on any atom is 0.287 e. The zero-order valence-corrected chi connectivity index (χ0v) is 11.0. The highest BCUT2D eigenvalue weighted by Crippen LogP contribution is 2.05. The zero-order chi connectivity index (χ0) is 13.7. The Morgan fingerprint density at radius 2 is 2.21 bits per heavy atom. The number of furan rings is 1. The van der Waals surface area contributed by atoms with Gasteiger partial charge < -0.3 is 20.0 Å². The minimum Gasteiger partial charge on any atom is -0.459 e. The average molecular weight is 265 g/mol. The molecule has 0 bridgehead atoms. The van der Waals surface area contributed by atoms with Gasteiger partial charge in [0.25, 0.3) is 5.91 Å². The molecule has 19 heavy (non-hydrogen) atoms. The molecule has 104 valence electrons. The molecule has 2 amide bonds. The van der Waals surface area contributed by atoms with E-state index in [9.17, 15) is 9.59 Å². The lowest BCUT2D eigenvalue weighted by atomic mass is 10.1. The van der Waals surface area contributed by atoms with Crippen LogP contribution in [-0.4, -0.2) is 48.9 Å². The van der Waals surface area contributed by atoms with Crippen molar-refractivity contribution >= 4 is 11.8 Å². The van der Waals surface area contributed by atoms with Crippen molar-refractivity contribution in [3.63, 3.8) is 0 Å². The van der Waals surface area contributed by atoms with Crippen molar-refractivity contribution in [2.24, 2.45) is 0 Å². The van der Waals surface area contributed by atoms with Crippen LogP contribution in [0.2, 0.25) is 0 Å². The molecule has 0 aromatic carbocycles. The molecule has 1 aliphatic heterocycles. The summed E-state index contributed by atoms with van der Waals surface area (Å²) in [6.45, 7) is 4.85. The van der Waals surface area contributed by atoms with E-state index in [1.165, 1.54) is 6.26 Å². The molecule has 1 atom stereocenters. The van der Waals surface area contributed by atoms with Crippen molar-refractivity contribution < 1.29 is 14.0 Å². The Morgan fingerprint density at radius 3 is 2.79 bits per heavy atom. The molecule has 1 fully saturated rings. The molecule has 2 N–H and O–H groups in total. The predicted molar refractivity (Wildman–Crippen MR) is 69.7 cm³/mol. The normalized spacial score (nSPS) is 17.0. The van der Waals surface area contributed by atoms with E-state index in [4.69, 9.17) is 4.42 Å². The van der Waals surface area contributed by atoms with E-state index in [0.717, 1.165) is 13.1 Å². The van der Waals surface area contributed by atoms with Gasteiger partial charge in [-0.1, -0.05) is 6.92 Å². The van der Waals surface area contributed by atoms with Crippen molar-refractivity contribution in [3.05, 3.63) is 24.2 Å². The lowest BCUT2D eigenvalue weighted by Crippen LogP contribution is -2.53. The number of carbonyl (C=O) groups is 2.